The molecule has 5 nitrogen and oxygen atoms in total. The molecule has 0 saturated carbocycles. The number of nitrogens with two attached hydrogens (primary N) is 1. The average molecular weight is 366 g/mol. The summed E-state index contributed by atoms with van der Waals surface area (Å²) in [6, 6.07) is 4.52. The van der Waals surface area contributed by atoms with Crippen molar-refractivity contribution in [2.45, 2.75) is 38.3 Å². The molecule has 25 heavy (non-hydrogen) atoms. The second-order valence-electron chi connectivity index (χ2n) is 7.46. The van der Waals surface area contributed by atoms with E-state index in [4.69, 9.17) is 20.2 Å². The molecular formula is C18H23FN2O3S. The first kappa shape index (κ1) is 18.2. The Morgan fingerprint density at radius 1 is 1.52 bits per heavy atom. The normalized spacial score (nSPS) is 26.1. The predicted octanol–water partition coefficient (Wildman–Crippen LogP) is 3.13. The van der Waals surface area contributed by atoms with E-state index in [2.05, 4.69) is 0 Å². The lowest BCUT2D eigenvalue weighted by Gasteiger charge is -2.35. The van der Waals surface area contributed by atoms with Crippen LogP contribution in [0.2, 0.25) is 0 Å². The minimum atomic E-state index is -0.817. The van der Waals surface area contributed by atoms with Crippen LogP contribution >= 0.6 is 11.8 Å². The number of ether oxygens (including phenoxy) is 2. The second-order valence-corrected chi connectivity index (χ2v) is 8.55. The molecule has 2 aliphatic heterocycles. The van der Waals surface area contributed by atoms with E-state index in [1.165, 1.54) is 23.9 Å². The Morgan fingerprint density at radius 2 is 2.28 bits per heavy atom. The Kier molecular flexibility index (Phi) is 4.81. The molecule has 2 heterocycles. The molecule has 7 heteroatoms. The topological polar surface area (TPSA) is 73.9 Å². The van der Waals surface area contributed by atoms with Crippen molar-refractivity contribution < 1.29 is 18.7 Å². The van der Waals surface area contributed by atoms with Crippen molar-refractivity contribution in [3.05, 3.63) is 29.6 Å². The molecule has 0 aromatic heterocycles. The summed E-state index contributed by atoms with van der Waals surface area (Å²) in [4.78, 5) is 16.9. The third-order valence-electron chi connectivity index (χ3n) is 4.26. The van der Waals surface area contributed by atoms with Gasteiger partial charge in [-0.1, -0.05) is 0 Å². The lowest BCUT2D eigenvalue weighted by atomic mass is 9.81. The largest absolute Gasteiger partial charge is 0.460 e. The minimum Gasteiger partial charge on any atom is -0.460 e. The zero-order chi connectivity index (χ0) is 18.2. The Balaban J connectivity index is 1.93. The number of benzene rings is 1. The number of rotatable bonds is 3. The fraction of sp³-hybridized carbons (Fsp3) is 0.556. The monoisotopic (exact) mass is 366 g/mol. The smallest absolute Gasteiger partial charge is 0.312 e. The van der Waals surface area contributed by atoms with Crippen LogP contribution in [-0.2, 0) is 19.8 Å². The molecule has 2 aliphatic rings. The van der Waals surface area contributed by atoms with Crippen LogP contribution in [0.25, 0.3) is 0 Å². The molecule has 2 atom stereocenters. The van der Waals surface area contributed by atoms with E-state index < -0.39 is 11.1 Å². The quantitative estimate of drug-likeness (QED) is 0.657. The van der Waals surface area contributed by atoms with E-state index in [1.807, 2.05) is 20.8 Å². The number of esters is 1. The summed E-state index contributed by atoms with van der Waals surface area (Å²) < 4.78 is 25.5. The highest BCUT2D eigenvalue weighted by molar-refractivity contribution is 8.14. The van der Waals surface area contributed by atoms with Crippen molar-refractivity contribution in [1.82, 2.24) is 0 Å². The number of carbonyl (C=O) groups is 1. The first-order chi connectivity index (χ1) is 11.7. The van der Waals surface area contributed by atoms with Crippen LogP contribution < -0.4 is 5.73 Å². The summed E-state index contributed by atoms with van der Waals surface area (Å²) in [7, 11) is 0. The minimum absolute atomic E-state index is 0.0520. The van der Waals surface area contributed by atoms with Crippen molar-refractivity contribution in [1.29, 1.82) is 0 Å². The molecule has 1 fully saturated rings. The standard InChI is InChI=1S/C18H23FN2O3S/c1-17(2,3)24-16(22)7-15-21-18(10-23-8-11(18)9-25-15)13-6-12(20)4-5-14(13)19/h4-6,11H,7-10,20H2,1-3H3/t11-,18-/m0/s1. The number of carbonyl (C=O) groups excluding carboxylic acids is 1. The molecule has 0 unspecified atom stereocenters. The summed E-state index contributed by atoms with van der Waals surface area (Å²) in [5, 5.41) is 0.651. The lowest BCUT2D eigenvalue weighted by Crippen LogP contribution is -2.39. The highest BCUT2D eigenvalue weighted by atomic mass is 32.2. The molecule has 136 valence electrons. The molecule has 0 aliphatic carbocycles. The van der Waals surface area contributed by atoms with Gasteiger partial charge in [-0.2, -0.15) is 0 Å². The zero-order valence-corrected chi connectivity index (χ0v) is 15.5. The molecule has 0 spiro atoms. The van der Waals surface area contributed by atoms with E-state index >= 15 is 0 Å². The molecule has 0 amide bonds. The number of nitrogen functional groups attached to an aromatic ring is 1. The second kappa shape index (κ2) is 6.61. The van der Waals surface area contributed by atoms with Crippen LogP contribution in [0, 0.1) is 11.7 Å². The number of hydrogen-bond acceptors (Lipinski definition) is 6. The summed E-state index contributed by atoms with van der Waals surface area (Å²) in [5.74, 6) is 0.0862. The van der Waals surface area contributed by atoms with Crippen molar-refractivity contribution in [2.24, 2.45) is 10.9 Å². The van der Waals surface area contributed by atoms with Crippen LogP contribution in [0.1, 0.15) is 32.8 Å². The number of aliphatic imine (C=N–C) groups is 1. The lowest BCUT2D eigenvalue weighted by molar-refractivity contribution is -0.153. The van der Waals surface area contributed by atoms with E-state index in [0.29, 0.717) is 22.9 Å². The van der Waals surface area contributed by atoms with Gasteiger partial charge in [-0.05, 0) is 39.0 Å². The van der Waals surface area contributed by atoms with Gasteiger partial charge in [-0.25, -0.2) is 4.39 Å². The number of halogens is 1. The molecular weight excluding hydrogens is 343 g/mol. The van der Waals surface area contributed by atoms with Crippen molar-refractivity contribution >= 4 is 28.5 Å². The first-order valence-electron chi connectivity index (χ1n) is 8.26. The third kappa shape index (κ3) is 3.82. The number of nitrogens with zero attached hydrogens (tertiary/aromatic N) is 1. The maximum Gasteiger partial charge on any atom is 0.312 e. The van der Waals surface area contributed by atoms with Crippen LogP contribution in [0.15, 0.2) is 23.2 Å². The summed E-state index contributed by atoms with van der Waals surface area (Å²) in [6.07, 6.45) is 0.0837. The SMILES string of the molecule is CC(C)(C)OC(=O)CC1=N[C@@]2(c3cc(N)ccc3F)COC[C@H]2CS1. The number of thioether (sulfide) groups is 1. The highest BCUT2D eigenvalue weighted by Crippen LogP contribution is 2.46. The molecule has 0 bridgehead atoms. The van der Waals surface area contributed by atoms with Crippen LogP contribution in [0.4, 0.5) is 10.1 Å². The fourth-order valence-corrected chi connectivity index (χ4v) is 4.41. The average Bonchev–Trinajstić information content (AvgIpc) is 2.91. The maximum absolute atomic E-state index is 14.5. The van der Waals surface area contributed by atoms with E-state index in [-0.39, 0.29) is 30.7 Å². The zero-order valence-electron chi connectivity index (χ0n) is 14.7. The molecule has 2 N–H and O–H groups in total. The first-order valence-corrected chi connectivity index (χ1v) is 9.25. The highest BCUT2D eigenvalue weighted by Gasteiger charge is 2.49. The summed E-state index contributed by atoms with van der Waals surface area (Å²) >= 11 is 1.51. The van der Waals surface area contributed by atoms with E-state index in [1.54, 1.807) is 6.07 Å². The summed E-state index contributed by atoms with van der Waals surface area (Å²) in [5.41, 5.74) is 5.42. The van der Waals surface area contributed by atoms with Gasteiger partial charge in [0.25, 0.3) is 0 Å². The molecule has 3 rings (SSSR count). The van der Waals surface area contributed by atoms with E-state index in [0.717, 1.165) is 5.75 Å². The van der Waals surface area contributed by atoms with Gasteiger partial charge in [0.15, 0.2) is 0 Å². The van der Waals surface area contributed by atoms with Gasteiger partial charge in [-0.15, -0.1) is 11.8 Å². The molecule has 0 radical (unpaired) electrons. The van der Waals surface area contributed by atoms with Gasteiger partial charge in [0.2, 0.25) is 0 Å². The number of anilines is 1. The van der Waals surface area contributed by atoms with Gasteiger partial charge >= 0.3 is 5.97 Å². The van der Waals surface area contributed by atoms with Crippen LogP contribution in [0.5, 0.6) is 0 Å². The van der Waals surface area contributed by atoms with Crippen LogP contribution in [-0.4, -0.2) is 35.6 Å². The van der Waals surface area contributed by atoms with Crippen molar-refractivity contribution in [3.63, 3.8) is 0 Å². The Morgan fingerprint density at radius 3 is 3.00 bits per heavy atom. The van der Waals surface area contributed by atoms with Crippen molar-refractivity contribution in [2.75, 3.05) is 24.7 Å². The fourth-order valence-electron chi connectivity index (χ4n) is 3.20. The van der Waals surface area contributed by atoms with Gasteiger partial charge in [0, 0.05) is 22.9 Å². The van der Waals surface area contributed by atoms with Gasteiger partial charge < -0.3 is 15.2 Å². The van der Waals surface area contributed by atoms with Crippen LogP contribution in [0.3, 0.4) is 0 Å². The Bertz CT molecular complexity index is 717. The maximum atomic E-state index is 14.5. The molecule has 1 aromatic rings. The number of hydrogen-bond donors (Lipinski definition) is 1. The van der Waals surface area contributed by atoms with E-state index in [9.17, 15) is 9.18 Å². The van der Waals surface area contributed by atoms with Gasteiger partial charge in [-0.3, -0.25) is 9.79 Å². The molecule has 1 saturated heterocycles. The molecule has 1 aromatic carbocycles. The summed E-state index contributed by atoms with van der Waals surface area (Å²) in [6.45, 7) is 6.28. The van der Waals surface area contributed by atoms with Crippen molar-refractivity contribution in [3.8, 4) is 0 Å². The van der Waals surface area contributed by atoms with Gasteiger partial charge in [0.1, 0.15) is 17.0 Å². The third-order valence-corrected chi connectivity index (χ3v) is 5.40. The number of fused-ring (bicyclic) bond motifs is 1. The Labute approximate surface area is 151 Å². The predicted molar refractivity (Wildman–Crippen MR) is 97.2 cm³/mol. The Hall–Kier alpha value is -1.60. The van der Waals surface area contributed by atoms with Gasteiger partial charge in [0.05, 0.1) is 24.7 Å².